The van der Waals surface area contributed by atoms with Crippen LogP contribution < -0.4 is 10.1 Å². The van der Waals surface area contributed by atoms with Gasteiger partial charge in [-0.05, 0) is 31.5 Å². The van der Waals surface area contributed by atoms with Crippen LogP contribution >= 0.6 is 15.9 Å². The van der Waals surface area contributed by atoms with E-state index < -0.39 is 0 Å². The molecular formula is C13H19BrFNO. The van der Waals surface area contributed by atoms with Gasteiger partial charge < -0.3 is 10.1 Å². The van der Waals surface area contributed by atoms with Crippen LogP contribution in [0.1, 0.15) is 20.8 Å². The smallest absolute Gasteiger partial charge is 0.128 e. The first-order valence-corrected chi connectivity index (χ1v) is 6.60. The summed E-state index contributed by atoms with van der Waals surface area (Å²) in [6, 6.07) is 4.57. The highest BCUT2D eigenvalue weighted by Gasteiger charge is 2.06. The molecule has 0 radical (unpaired) electrons. The fraction of sp³-hybridized carbons (Fsp3) is 0.538. The van der Waals surface area contributed by atoms with Crippen LogP contribution in [0.25, 0.3) is 0 Å². The molecule has 1 rings (SSSR count). The molecular weight excluding hydrogens is 285 g/mol. The Balaban J connectivity index is 2.42. The molecule has 1 unspecified atom stereocenters. The lowest BCUT2D eigenvalue weighted by Gasteiger charge is -2.16. The van der Waals surface area contributed by atoms with Gasteiger partial charge >= 0.3 is 0 Å². The molecule has 4 heteroatoms. The Morgan fingerprint density at radius 2 is 1.94 bits per heavy atom. The summed E-state index contributed by atoms with van der Waals surface area (Å²) < 4.78 is 19.4. The Bertz CT molecular complexity index is 337. The normalized spacial score (nSPS) is 12.8. The number of benzene rings is 1. The number of halogens is 2. The van der Waals surface area contributed by atoms with Gasteiger partial charge in [0.2, 0.25) is 0 Å². The summed E-state index contributed by atoms with van der Waals surface area (Å²) in [7, 11) is 0. The molecule has 0 aliphatic rings. The summed E-state index contributed by atoms with van der Waals surface area (Å²) in [4.78, 5) is 0. The van der Waals surface area contributed by atoms with E-state index in [0.29, 0.717) is 16.1 Å². The van der Waals surface area contributed by atoms with Crippen molar-refractivity contribution in [2.45, 2.75) is 26.9 Å². The topological polar surface area (TPSA) is 21.3 Å². The average Bonchev–Trinajstić information content (AvgIpc) is 2.14. The van der Waals surface area contributed by atoms with Crippen LogP contribution in [0.3, 0.4) is 0 Å². The van der Waals surface area contributed by atoms with Gasteiger partial charge in [-0.2, -0.15) is 0 Å². The minimum atomic E-state index is -0.295. The van der Waals surface area contributed by atoms with Crippen LogP contribution in [0.2, 0.25) is 0 Å². The van der Waals surface area contributed by atoms with Crippen molar-refractivity contribution in [2.24, 2.45) is 5.92 Å². The van der Waals surface area contributed by atoms with Crippen LogP contribution in [0, 0.1) is 11.7 Å². The summed E-state index contributed by atoms with van der Waals surface area (Å²) >= 11 is 3.24. The molecule has 0 aliphatic carbocycles. The van der Waals surface area contributed by atoms with Crippen LogP contribution in [0.15, 0.2) is 22.7 Å². The zero-order valence-corrected chi connectivity index (χ0v) is 12.1. The highest BCUT2D eigenvalue weighted by atomic mass is 79.9. The molecule has 0 aromatic heterocycles. The SMILES string of the molecule is CC(C)CNCC(C)Oc1cc(F)cc(Br)c1. The predicted molar refractivity (Wildman–Crippen MR) is 71.9 cm³/mol. The maximum atomic E-state index is 13.1. The second kappa shape index (κ2) is 6.97. The molecule has 0 fully saturated rings. The van der Waals surface area contributed by atoms with E-state index in [9.17, 15) is 4.39 Å². The lowest BCUT2D eigenvalue weighted by molar-refractivity contribution is 0.214. The fourth-order valence-electron chi connectivity index (χ4n) is 1.45. The Labute approximate surface area is 111 Å². The lowest BCUT2D eigenvalue weighted by atomic mass is 10.2. The van der Waals surface area contributed by atoms with Gasteiger partial charge in [-0.1, -0.05) is 29.8 Å². The van der Waals surface area contributed by atoms with Gasteiger partial charge in [0.25, 0.3) is 0 Å². The molecule has 0 saturated carbocycles. The second-order valence-electron chi connectivity index (χ2n) is 4.59. The first-order valence-electron chi connectivity index (χ1n) is 5.81. The predicted octanol–water partition coefficient (Wildman–Crippen LogP) is 3.60. The van der Waals surface area contributed by atoms with Gasteiger partial charge in [0.15, 0.2) is 0 Å². The largest absolute Gasteiger partial charge is 0.489 e. The van der Waals surface area contributed by atoms with Crippen LogP contribution in [-0.4, -0.2) is 19.2 Å². The first kappa shape index (κ1) is 14.5. The summed E-state index contributed by atoms with van der Waals surface area (Å²) in [5.41, 5.74) is 0. The Kier molecular flexibility index (Phi) is 5.92. The Morgan fingerprint density at radius 1 is 1.24 bits per heavy atom. The molecule has 2 nitrogen and oxygen atoms in total. The molecule has 0 aliphatic heterocycles. The molecule has 96 valence electrons. The minimum Gasteiger partial charge on any atom is -0.489 e. The van der Waals surface area contributed by atoms with Gasteiger partial charge in [-0.3, -0.25) is 0 Å². The summed E-state index contributed by atoms with van der Waals surface area (Å²) in [5.74, 6) is 0.873. The van der Waals surface area contributed by atoms with E-state index in [0.717, 1.165) is 13.1 Å². The molecule has 0 bridgehead atoms. The zero-order chi connectivity index (χ0) is 12.8. The molecule has 0 spiro atoms. The van der Waals surface area contributed by atoms with Crippen LogP contribution in [0.4, 0.5) is 4.39 Å². The zero-order valence-electron chi connectivity index (χ0n) is 10.5. The summed E-state index contributed by atoms with van der Waals surface area (Å²) in [6.07, 6.45) is 0.0162. The molecule has 0 saturated heterocycles. The van der Waals surface area contributed by atoms with Gasteiger partial charge in [0.05, 0.1) is 0 Å². The van der Waals surface area contributed by atoms with Crippen molar-refractivity contribution in [3.05, 3.63) is 28.5 Å². The summed E-state index contributed by atoms with van der Waals surface area (Å²) in [5, 5.41) is 3.30. The molecule has 1 aromatic rings. The van der Waals surface area contributed by atoms with E-state index in [-0.39, 0.29) is 11.9 Å². The molecule has 1 atom stereocenters. The highest BCUT2D eigenvalue weighted by Crippen LogP contribution is 2.21. The van der Waals surface area contributed by atoms with Crippen molar-refractivity contribution >= 4 is 15.9 Å². The van der Waals surface area contributed by atoms with E-state index in [1.807, 2.05) is 6.92 Å². The van der Waals surface area contributed by atoms with E-state index in [1.165, 1.54) is 12.1 Å². The van der Waals surface area contributed by atoms with Gasteiger partial charge in [-0.15, -0.1) is 0 Å². The monoisotopic (exact) mass is 303 g/mol. The maximum Gasteiger partial charge on any atom is 0.128 e. The van der Waals surface area contributed by atoms with Crippen molar-refractivity contribution in [3.8, 4) is 5.75 Å². The standard InChI is InChI=1S/C13H19BrFNO/c1-9(2)7-16-8-10(3)17-13-5-11(14)4-12(15)6-13/h4-6,9-10,16H,7-8H2,1-3H3. The van der Waals surface area contributed by atoms with Crippen molar-refractivity contribution < 1.29 is 9.13 Å². The van der Waals surface area contributed by atoms with Crippen molar-refractivity contribution in [2.75, 3.05) is 13.1 Å². The maximum absolute atomic E-state index is 13.1. The first-order chi connectivity index (χ1) is 7.97. The second-order valence-corrected chi connectivity index (χ2v) is 5.50. The third-order valence-corrected chi connectivity index (χ3v) is 2.62. The van der Waals surface area contributed by atoms with Gasteiger partial charge in [0, 0.05) is 17.1 Å². The third-order valence-electron chi connectivity index (χ3n) is 2.16. The van der Waals surface area contributed by atoms with Crippen LogP contribution in [-0.2, 0) is 0 Å². The van der Waals surface area contributed by atoms with Gasteiger partial charge in [0.1, 0.15) is 17.7 Å². The van der Waals surface area contributed by atoms with Crippen LogP contribution in [0.5, 0.6) is 5.75 Å². The molecule has 1 aromatic carbocycles. The number of hydrogen-bond acceptors (Lipinski definition) is 2. The van der Waals surface area contributed by atoms with E-state index in [4.69, 9.17) is 4.74 Å². The van der Waals surface area contributed by atoms with Crippen molar-refractivity contribution in [1.82, 2.24) is 5.32 Å². The molecule has 0 heterocycles. The third kappa shape index (κ3) is 6.03. The number of hydrogen-bond donors (Lipinski definition) is 1. The average molecular weight is 304 g/mol. The van der Waals surface area contributed by atoms with Crippen molar-refractivity contribution in [3.63, 3.8) is 0 Å². The Hall–Kier alpha value is -0.610. The van der Waals surface area contributed by atoms with Gasteiger partial charge in [-0.25, -0.2) is 4.39 Å². The Morgan fingerprint density at radius 3 is 2.53 bits per heavy atom. The molecule has 17 heavy (non-hydrogen) atoms. The molecule has 0 amide bonds. The quantitative estimate of drug-likeness (QED) is 0.867. The number of nitrogens with one attached hydrogen (secondary N) is 1. The minimum absolute atomic E-state index is 0.0162. The van der Waals surface area contributed by atoms with E-state index in [1.54, 1.807) is 6.07 Å². The van der Waals surface area contributed by atoms with E-state index in [2.05, 4.69) is 35.1 Å². The fourth-order valence-corrected chi connectivity index (χ4v) is 1.89. The molecule has 1 N–H and O–H groups in total. The number of ether oxygens (including phenoxy) is 1. The highest BCUT2D eigenvalue weighted by molar-refractivity contribution is 9.10. The summed E-state index contributed by atoms with van der Waals surface area (Å²) in [6.45, 7) is 7.99. The van der Waals surface area contributed by atoms with E-state index >= 15 is 0 Å². The lowest BCUT2D eigenvalue weighted by Crippen LogP contribution is -2.31. The van der Waals surface area contributed by atoms with Crippen molar-refractivity contribution in [1.29, 1.82) is 0 Å². The number of rotatable bonds is 6.